The van der Waals surface area contributed by atoms with E-state index in [9.17, 15) is 4.79 Å². The van der Waals surface area contributed by atoms with Crippen molar-refractivity contribution < 1.29 is 4.79 Å². The predicted octanol–water partition coefficient (Wildman–Crippen LogP) is 1.83. The highest BCUT2D eigenvalue weighted by Gasteiger charge is 1.66. The molecule has 0 N–H and O–H groups in total. The summed E-state index contributed by atoms with van der Waals surface area (Å²) in [6.45, 7) is 1.98. The molecular weight excluding hydrogens is 135 g/mol. The number of hydrogen-bond acceptors (Lipinski definition) is 1. The van der Waals surface area contributed by atoms with E-state index >= 15 is 0 Å². The molecule has 0 spiro atoms. The van der Waals surface area contributed by atoms with Crippen LogP contribution < -0.4 is 0 Å². The van der Waals surface area contributed by atoms with Crippen molar-refractivity contribution in [2.45, 2.75) is 19.8 Å². The van der Waals surface area contributed by atoms with E-state index in [4.69, 9.17) is 0 Å². The monoisotopic (exact) mass is 144 g/mol. The first-order chi connectivity index (χ1) is 2.41. The van der Waals surface area contributed by atoms with Crippen LogP contribution in [0.1, 0.15) is 19.8 Å². The summed E-state index contributed by atoms with van der Waals surface area (Å²) in [4.78, 5) is 9.40. The van der Waals surface area contributed by atoms with Gasteiger partial charge in [-0.05, 0) is 6.42 Å². The lowest BCUT2D eigenvalue weighted by atomic mass is 10.4. The van der Waals surface area contributed by atoms with Crippen molar-refractivity contribution in [3.63, 3.8) is 0 Å². The minimum Gasteiger partial charge on any atom is -0.303 e. The molecule has 0 aliphatic rings. The molecule has 0 radical (unpaired) electrons. The Kier molecular flexibility index (Phi) is 36.5. The molecule has 1 nitrogen and oxygen atoms in total. The van der Waals surface area contributed by atoms with E-state index in [0.717, 1.165) is 12.7 Å². The lowest BCUT2D eigenvalue weighted by Gasteiger charge is -1.68. The zero-order chi connectivity index (χ0) is 4.12. The minimum atomic E-state index is 0. The van der Waals surface area contributed by atoms with Crippen molar-refractivity contribution in [3.8, 4) is 0 Å². The molecule has 0 rings (SSSR count). The number of unbranched alkanes of at least 4 members (excludes halogenated alkanes) is 1. The number of carbonyl (C=O) groups excluding carboxylic acids is 1. The molecule has 0 aliphatic heterocycles. The van der Waals surface area contributed by atoms with Gasteiger partial charge in [0.15, 0.2) is 0 Å². The van der Waals surface area contributed by atoms with E-state index in [0.29, 0.717) is 6.42 Å². The Morgan fingerprint density at radius 2 is 1.86 bits per heavy atom. The van der Waals surface area contributed by atoms with Gasteiger partial charge in [0.05, 0.1) is 0 Å². The van der Waals surface area contributed by atoms with Gasteiger partial charge in [-0.25, -0.2) is 0 Å². The summed E-state index contributed by atoms with van der Waals surface area (Å²) in [5.74, 6) is 0. The summed E-state index contributed by atoms with van der Waals surface area (Å²) in [7, 11) is 0. The number of hydrogen-bond donors (Lipinski definition) is 0. The van der Waals surface area contributed by atoms with E-state index in [1.165, 1.54) is 0 Å². The third-order valence-electron chi connectivity index (χ3n) is 0.407. The number of halogens is 2. The van der Waals surface area contributed by atoms with Crippen LogP contribution >= 0.6 is 24.8 Å². The molecule has 7 heavy (non-hydrogen) atoms. The van der Waals surface area contributed by atoms with Crippen LogP contribution in [0.5, 0.6) is 0 Å². The molecule has 0 saturated carbocycles. The van der Waals surface area contributed by atoms with Gasteiger partial charge in [-0.3, -0.25) is 0 Å². The Labute approximate surface area is 56.3 Å². The fourth-order valence-electron chi connectivity index (χ4n) is 0.118. The second-order valence-corrected chi connectivity index (χ2v) is 0.955. The minimum absolute atomic E-state index is 0. The highest BCUT2D eigenvalue weighted by Crippen LogP contribution is 1.74. The average Bonchev–Trinajstić information content (AvgIpc) is 1.41. The Morgan fingerprint density at radius 3 is 1.86 bits per heavy atom. The summed E-state index contributed by atoms with van der Waals surface area (Å²) in [6, 6.07) is 0. The van der Waals surface area contributed by atoms with Crippen LogP contribution in [0.25, 0.3) is 0 Å². The van der Waals surface area contributed by atoms with Crippen LogP contribution in [-0.2, 0) is 4.79 Å². The van der Waals surface area contributed by atoms with Crippen molar-refractivity contribution in [3.05, 3.63) is 0 Å². The summed E-state index contributed by atoms with van der Waals surface area (Å²) in [5, 5.41) is 0. The molecule has 46 valence electrons. The van der Waals surface area contributed by atoms with Gasteiger partial charge in [0.2, 0.25) is 0 Å². The Morgan fingerprint density at radius 1 is 1.43 bits per heavy atom. The normalized spacial score (nSPS) is 5.29. The van der Waals surface area contributed by atoms with E-state index in [-0.39, 0.29) is 24.8 Å². The second-order valence-electron chi connectivity index (χ2n) is 0.955. The lowest BCUT2D eigenvalue weighted by Crippen LogP contribution is -1.64. The van der Waals surface area contributed by atoms with E-state index < -0.39 is 0 Å². The van der Waals surface area contributed by atoms with Crippen molar-refractivity contribution in [2.24, 2.45) is 0 Å². The molecule has 0 aromatic carbocycles. The van der Waals surface area contributed by atoms with Crippen LogP contribution in [-0.4, -0.2) is 6.29 Å². The topological polar surface area (TPSA) is 17.1 Å². The van der Waals surface area contributed by atoms with Gasteiger partial charge in [-0.15, -0.1) is 24.8 Å². The van der Waals surface area contributed by atoms with Crippen molar-refractivity contribution in [1.82, 2.24) is 0 Å². The van der Waals surface area contributed by atoms with Gasteiger partial charge < -0.3 is 4.79 Å². The van der Waals surface area contributed by atoms with Crippen molar-refractivity contribution in [1.29, 1.82) is 0 Å². The van der Waals surface area contributed by atoms with Crippen LogP contribution in [0.4, 0.5) is 0 Å². The zero-order valence-corrected chi connectivity index (χ0v) is 5.85. The Balaban J connectivity index is -0.0000000800. The number of aldehydes is 1. The lowest BCUT2D eigenvalue weighted by molar-refractivity contribution is -0.107. The first-order valence-corrected chi connectivity index (χ1v) is 1.85. The smallest absolute Gasteiger partial charge is 0.119 e. The van der Waals surface area contributed by atoms with Gasteiger partial charge in [-0.2, -0.15) is 0 Å². The highest BCUT2D eigenvalue weighted by molar-refractivity contribution is 5.85. The standard InChI is InChI=1S/C4H8O.2ClH/c1-2-3-4-5;;/h4H,2-3H2,1H3;2*1H. The summed E-state index contributed by atoms with van der Waals surface area (Å²) >= 11 is 0. The molecular formula is C4H10Cl2O. The maximum atomic E-state index is 9.40. The zero-order valence-electron chi connectivity index (χ0n) is 4.22. The summed E-state index contributed by atoms with van der Waals surface area (Å²) in [5.41, 5.74) is 0. The maximum Gasteiger partial charge on any atom is 0.119 e. The number of rotatable bonds is 2. The molecule has 0 saturated heterocycles. The number of carbonyl (C=O) groups is 1. The molecule has 0 aromatic heterocycles. The summed E-state index contributed by atoms with van der Waals surface area (Å²) < 4.78 is 0. The molecule has 0 bridgehead atoms. The molecule has 0 fully saturated rings. The fraction of sp³-hybridized carbons (Fsp3) is 0.750. The van der Waals surface area contributed by atoms with Gasteiger partial charge in [0.25, 0.3) is 0 Å². The Hall–Kier alpha value is 0.250. The maximum absolute atomic E-state index is 9.40. The molecule has 0 aliphatic carbocycles. The fourth-order valence-corrected chi connectivity index (χ4v) is 0.118. The highest BCUT2D eigenvalue weighted by atomic mass is 35.5. The largest absolute Gasteiger partial charge is 0.303 e. The van der Waals surface area contributed by atoms with E-state index in [1.54, 1.807) is 0 Å². The molecule has 0 aromatic rings. The van der Waals surface area contributed by atoms with E-state index in [1.807, 2.05) is 6.92 Å². The van der Waals surface area contributed by atoms with Crippen molar-refractivity contribution in [2.75, 3.05) is 0 Å². The third-order valence-corrected chi connectivity index (χ3v) is 0.407. The van der Waals surface area contributed by atoms with Gasteiger partial charge >= 0.3 is 0 Å². The average molecular weight is 145 g/mol. The Bertz CT molecular complexity index is 30.9. The predicted molar refractivity (Wildman–Crippen MR) is 35.5 cm³/mol. The first kappa shape index (κ1) is 15.7. The molecule has 0 atom stereocenters. The summed E-state index contributed by atoms with van der Waals surface area (Å²) in [6.07, 6.45) is 2.61. The van der Waals surface area contributed by atoms with Crippen LogP contribution in [0.15, 0.2) is 0 Å². The quantitative estimate of drug-likeness (QED) is 0.541. The first-order valence-electron chi connectivity index (χ1n) is 1.85. The van der Waals surface area contributed by atoms with Crippen molar-refractivity contribution >= 4 is 31.1 Å². The second kappa shape index (κ2) is 16.3. The van der Waals surface area contributed by atoms with Crippen LogP contribution in [0, 0.1) is 0 Å². The molecule has 0 heterocycles. The van der Waals surface area contributed by atoms with Gasteiger partial charge in [0, 0.05) is 6.42 Å². The van der Waals surface area contributed by atoms with Gasteiger partial charge in [-0.1, -0.05) is 6.92 Å². The molecule has 0 amide bonds. The third kappa shape index (κ3) is 22.3. The van der Waals surface area contributed by atoms with Crippen LogP contribution in [0.2, 0.25) is 0 Å². The molecule has 3 heteroatoms. The SMILES string of the molecule is CCCC=O.Cl.Cl. The van der Waals surface area contributed by atoms with Gasteiger partial charge in [0.1, 0.15) is 6.29 Å². The van der Waals surface area contributed by atoms with E-state index in [2.05, 4.69) is 0 Å². The molecule has 0 unspecified atom stereocenters. The van der Waals surface area contributed by atoms with Crippen LogP contribution in [0.3, 0.4) is 0 Å².